The van der Waals surface area contributed by atoms with Crippen LogP contribution in [0.3, 0.4) is 0 Å². The summed E-state index contributed by atoms with van der Waals surface area (Å²) >= 11 is 0. The number of nitrogens with zero attached hydrogens (tertiary/aromatic N) is 1. The van der Waals surface area contributed by atoms with Crippen molar-refractivity contribution in [2.45, 2.75) is 6.92 Å². The Morgan fingerprint density at radius 2 is 2.29 bits per heavy atom. The number of anilines is 2. The van der Waals surface area contributed by atoms with Gasteiger partial charge in [-0.3, -0.25) is 9.89 Å². The van der Waals surface area contributed by atoms with Gasteiger partial charge in [-0.25, -0.2) is 4.39 Å². The number of nitrogens with one attached hydrogen (secondary N) is 2. The first-order chi connectivity index (χ1) is 8.08. The fourth-order valence-electron chi connectivity index (χ4n) is 1.39. The molecule has 1 aromatic heterocycles. The van der Waals surface area contributed by atoms with E-state index in [9.17, 15) is 9.18 Å². The number of hydrogen-bond acceptors (Lipinski definition) is 3. The van der Waals surface area contributed by atoms with Crippen LogP contribution < -0.4 is 11.1 Å². The number of rotatable bonds is 2. The van der Waals surface area contributed by atoms with Crippen LogP contribution in [0.4, 0.5) is 15.8 Å². The van der Waals surface area contributed by atoms with Gasteiger partial charge in [0, 0.05) is 5.69 Å². The van der Waals surface area contributed by atoms with E-state index in [1.54, 1.807) is 13.0 Å². The molecule has 0 bridgehead atoms. The van der Waals surface area contributed by atoms with E-state index in [-0.39, 0.29) is 17.2 Å². The largest absolute Gasteiger partial charge is 0.396 e. The molecular weight excluding hydrogens is 223 g/mol. The van der Waals surface area contributed by atoms with Crippen LogP contribution in [0, 0.1) is 12.7 Å². The molecule has 4 N–H and O–H groups in total. The molecule has 0 aliphatic carbocycles. The lowest BCUT2D eigenvalue weighted by atomic mass is 10.2. The van der Waals surface area contributed by atoms with Gasteiger partial charge in [0.05, 0.1) is 11.9 Å². The van der Waals surface area contributed by atoms with Crippen molar-refractivity contribution in [1.29, 1.82) is 0 Å². The Balaban J connectivity index is 2.19. The molecule has 2 aromatic rings. The number of nitrogen functional groups attached to an aromatic ring is 1. The zero-order chi connectivity index (χ0) is 12.4. The molecule has 0 aliphatic rings. The van der Waals surface area contributed by atoms with Crippen molar-refractivity contribution >= 4 is 17.3 Å². The molecule has 0 unspecified atom stereocenters. The highest BCUT2D eigenvalue weighted by molar-refractivity contribution is 6.06. The van der Waals surface area contributed by atoms with Gasteiger partial charge in [0.25, 0.3) is 5.91 Å². The highest BCUT2D eigenvalue weighted by atomic mass is 19.1. The van der Waals surface area contributed by atoms with E-state index in [1.807, 2.05) is 0 Å². The van der Waals surface area contributed by atoms with Crippen molar-refractivity contribution < 1.29 is 9.18 Å². The highest BCUT2D eigenvalue weighted by Crippen LogP contribution is 2.15. The van der Waals surface area contributed by atoms with Crippen LogP contribution in [0.25, 0.3) is 0 Å². The average Bonchev–Trinajstić information content (AvgIpc) is 2.70. The number of nitrogens with two attached hydrogens (primary N) is 1. The Morgan fingerprint density at radius 3 is 2.88 bits per heavy atom. The third kappa shape index (κ3) is 2.25. The van der Waals surface area contributed by atoms with Crippen molar-refractivity contribution in [3.8, 4) is 0 Å². The normalized spacial score (nSPS) is 10.2. The molecule has 1 amide bonds. The molecule has 5 nitrogen and oxygen atoms in total. The van der Waals surface area contributed by atoms with Crippen LogP contribution in [0.2, 0.25) is 0 Å². The maximum atomic E-state index is 13.0. The third-order valence-electron chi connectivity index (χ3n) is 2.31. The standard InChI is InChI=1S/C11H11FN4O/c1-6-4-7(2-3-8(6)12)15-11(17)10-9(13)5-14-16-10/h2-5H,13H2,1H3,(H,14,16)(H,15,17). The van der Waals surface area contributed by atoms with Crippen LogP contribution in [0.1, 0.15) is 16.1 Å². The SMILES string of the molecule is Cc1cc(NC(=O)c2[nH]ncc2N)ccc1F. The van der Waals surface area contributed by atoms with Gasteiger partial charge in [-0.1, -0.05) is 0 Å². The van der Waals surface area contributed by atoms with Gasteiger partial charge in [0.15, 0.2) is 0 Å². The number of aromatic amines is 1. The van der Waals surface area contributed by atoms with Crippen molar-refractivity contribution in [3.05, 3.63) is 41.5 Å². The average molecular weight is 234 g/mol. The molecular formula is C11H11FN4O. The zero-order valence-electron chi connectivity index (χ0n) is 9.12. The van der Waals surface area contributed by atoms with E-state index in [1.165, 1.54) is 18.3 Å². The summed E-state index contributed by atoms with van der Waals surface area (Å²) < 4.78 is 13.0. The lowest BCUT2D eigenvalue weighted by Gasteiger charge is -2.05. The highest BCUT2D eigenvalue weighted by Gasteiger charge is 2.12. The summed E-state index contributed by atoms with van der Waals surface area (Å²) in [4.78, 5) is 11.7. The fraction of sp³-hybridized carbons (Fsp3) is 0.0909. The molecule has 0 aliphatic heterocycles. The second-order valence-electron chi connectivity index (χ2n) is 3.62. The molecule has 0 spiro atoms. The summed E-state index contributed by atoms with van der Waals surface area (Å²) in [6.07, 6.45) is 1.35. The zero-order valence-corrected chi connectivity index (χ0v) is 9.12. The summed E-state index contributed by atoms with van der Waals surface area (Å²) in [6.45, 7) is 1.62. The number of carbonyl (C=O) groups is 1. The Kier molecular flexibility index (Phi) is 2.78. The maximum Gasteiger partial charge on any atom is 0.275 e. The molecule has 6 heteroatoms. The van der Waals surface area contributed by atoms with Crippen LogP contribution in [0.15, 0.2) is 24.4 Å². The number of aromatic nitrogens is 2. The number of H-pyrrole nitrogens is 1. The second kappa shape index (κ2) is 4.25. The van der Waals surface area contributed by atoms with Crippen LogP contribution >= 0.6 is 0 Å². The Morgan fingerprint density at radius 1 is 1.53 bits per heavy atom. The van der Waals surface area contributed by atoms with Crippen molar-refractivity contribution in [2.75, 3.05) is 11.1 Å². The number of benzene rings is 1. The molecule has 17 heavy (non-hydrogen) atoms. The Hall–Kier alpha value is -2.37. The van der Waals surface area contributed by atoms with Crippen molar-refractivity contribution in [1.82, 2.24) is 10.2 Å². The molecule has 0 saturated heterocycles. The van der Waals surface area contributed by atoms with Crippen LogP contribution in [0.5, 0.6) is 0 Å². The van der Waals surface area contributed by atoms with Gasteiger partial charge in [0.2, 0.25) is 0 Å². The van der Waals surface area contributed by atoms with Gasteiger partial charge in [-0.05, 0) is 30.7 Å². The molecule has 88 valence electrons. The first kappa shape index (κ1) is 11.1. The van der Waals surface area contributed by atoms with Gasteiger partial charge in [-0.2, -0.15) is 5.10 Å². The number of carbonyl (C=O) groups excluding carboxylic acids is 1. The summed E-state index contributed by atoms with van der Waals surface area (Å²) in [6, 6.07) is 4.31. The molecule has 0 atom stereocenters. The minimum Gasteiger partial charge on any atom is -0.396 e. The van der Waals surface area contributed by atoms with E-state index in [2.05, 4.69) is 15.5 Å². The van der Waals surface area contributed by atoms with Crippen LogP contribution in [-0.2, 0) is 0 Å². The second-order valence-corrected chi connectivity index (χ2v) is 3.62. The molecule has 0 saturated carbocycles. The number of amides is 1. The van der Waals surface area contributed by atoms with E-state index in [0.29, 0.717) is 11.3 Å². The summed E-state index contributed by atoms with van der Waals surface area (Å²) in [5.74, 6) is -0.727. The van der Waals surface area contributed by atoms with Crippen molar-refractivity contribution in [3.63, 3.8) is 0 Å². The van der Waals surface area contributed by atoms with E-state index < -0.39 is 5.91 Å². The number of aryl methyl sites for hydroxylation is 1. The predicted octanol–water partition coefficient (Wildman–Crippen LogP) is 1.69. The monoisotopic (exact) mass is 234 g/mol. The van der Waals surface area contributed by atoms with E-state index in [0.717, 1.165) is 0 Å². The summed E-state index contributed by atoms with van der Waals surface area (Å²) in [5.41, 5.74) is 6.95. The quantitative estimate of drug-likeness (QED) is 0.739. The summed E-state index contributed by atoms with van der Waals surface area (Å²) in [5, 5.41) is 8.73. The third-order valence-corrected chi connectivity index (χ3v) is 2.31. The van der Waals surface area contributed by atoms with Crippen LogP contribution in [-0.4, -0.2) is 16.1 Å². The first-order valence-corrected chi connectivity index (χ1v) is 4.94. The number of halogens is 1. The Bertz CT molecular complexity index is 564. The smallest absolute Gasteiger partial charge is 0.275 e. The molecule has 2 rings (SSSR count). The van der Waals surface area contributed by atoms with Crippen molar-refractivity contribution in [2.24, 2.45) is 0 Å². The van der Waals surface area contributed by atoms with Gasteiger partial charge in [-0.15, -0.1) is 0 Å². The lowest BCUT2D eigenvalue weighted by molar-refractivity contribution is 0.102. The molecule has 1 aromatic carbocycles. The molecule has 0 fully saturated rings. The molecule has 1 heterocycles. The van der Waals surface area contributed by atoms with Gasteiger partial charge >= 0.3 is 0 Å². The van der Waals surface area contributed by atoms with Gasteiger partial charge in [0.1, 0.15) is 11.5 Å². The topological polar surface area (TPSA) is 83.8 Å². The maximum absolute atomic E-state index is 13.0. The lowest BCUT2D eigenvalue weighted by Crippen LogP contribution is -2.14. The predicted molar refractivity (Wildman–Crippen MR) is 62.1 cm³/mol. The first-order valence-electron chi connectivity index (χ1n) is 4.94. The van der Waals surface area contributed by atoms with E-state index >= 15 is 0 Å². The van der Waals surface area contributed by atoms with E-state index in [4.69, 9.17) is 5.73 Å². The Labute approximate surface area is 96.8 Å². The van der Waals surface area contributed by atoms with Gasteiger partial charge < -0.3 is 11.1 Å². The minimum absolute atomic E-state index is 0.187. The fourth-order valence-corrected chi connectivity index (χ4v) is 1.39. The number of hydrogen-bond donors (Lipinski definition) is 3. The summed E-state index contributed by atoms with van der Waals surface area (Å²) in [7, 11) is 0. The molecule has 0 radical (unpaired) electrons. The minimum atomic E-state index is -0.411.